The molecule has 0 aliphatic carbocycles. The molecule has 0 amide bonds. The van der Waals surface area contributed by atoms with Crippen LogP contribution < -0.4 is 9.47 Å². The SMILES string of the molecule is c1ccc(OCCOc2ccc(-c3ccccc3)cc2)cc1. The van der Waals surface area contributed by atoms with E-state index in [9.17, 15) is 0 Å². The van der Waals surface area contributed by atoms with Gasteiger partial charge in [0.2, 0.25) is 0 Å². The highest BCUT2D eigenvalue weighted by atomic mass is 16.5. The van der Waals surface area contributed by atoms with Crippen molar-refractivity contribution in [2.24, 2.45) is 0 Å². The molecule has 0 fully saturated rings. The lowest BCUT2D eigenvalue weighted by molar-refractivity contribution is 0.217. The summed E-state index contributed by atoms with van der Waals surface area (Å²) in [5, 5.41) is 0. The standard InChI is InChI=1S/C20H18O2/c1-3-7-17(8-4-1)18-11-13-20(14-12-18)22-16-15-21-19-9-5-2-6-10-19/h1-14H,15-16H2. The molecule has 0 spiro atoms. The van der Waals surface area contributed by atoms with E-state index in [1.54, 1.807) is 0 Å². The minimum atomic E-state index is 0.527. The van der Waals surface area contributed by atoms with Crippen molar-refractivity contribution in [1.82, 2.24) is 0 Å². The third-order valence-corrected chi connectivity index (χ3v) is 3.33. The van der Waals surface area contributed by atoms with Crippen LogP contribution in [-0.2, 0) is 0 Å². The zero-order chi connectivity index (χ0) is 15.0. The van der Waals surface area contributed by atoms with Crippen LogP contribution in [0.2, 0.25) is 0 Å². The summed E-state index contributed by atoms with van der Waals surface area (Å²) in [7, 11) is 0. The lowest BCUT2D eigenvalue weighted by Gasteiger charge is -2.09. The van der Waals surface area contributed by atoms with Crippen LogP contribution in [0.15, 0.2) is 84.9 Å². The van der Waals surface area contributed by atoms with Gasteiger partial charge in [-0.1, -0.05) is 60.7 Å². The Morgan fingerprint density at radius 2 is 0.909 bits per heavy atom. The maximum absolute atomic E-state index is 5.69. The highest BCUT2D eigenvalue weighted by Crippen LogP contribution is 2.22. The van der Waals surface area contributed by atoms with Gasteiger partial charge in [-0.2, -0.15) is 0 Å². The number of ether oxygens (including phenoxy) is 2. The number of para-hydroxylation sites is 1. The van der Waals surface area contributed by atoms with Crippen molar-refractivity contribution >= 4 is 0 Å². The zero-order valence-corrected chi connectivity index (χ0v) is 12.3. The van der Waals surface area contributed by atoms with E-state index >= 15 is 0 Å². The molecule has 0 heterocycles. The number of rotatable bonds is 6. The minimum Gasteiger partial charge on any atom is -0.490 e. The molecule has 0 radical (unpaired) electrons. The second kappa shape index (κ2) is 7.32. The molecule has 3 rings (SSSR count). The summed E-state index contributed by atoms with van der Waals surface area (Å²) in [6.07, 6.45) is 0. The molecule has 0 saturated heterocycles. The fourth-order valence-corrected chi connectivity index (χ4v) is 2.21. The first-order valence-electron chi connectivity index (χ1n) is 7.38. The van der Waals surface area contributed by atoms with Crippen LogP contribution in [0.5, 0.6) is 11.5 Å². The van der Waals surface area contributed by atoms with Crippen molar-refractivity contribution in [3.05, 3.63) is 84.9 Å². The van der Waals surface area contributed by atoms with Gasteiger partial charge >= 0.3 is 0 Å². The number of hydrogen-bond acceptors (Lipinski definition) is 2. The highest BCUT2D eigenvalue weighted by Gasteiger charge is 1.98. The van der Waals surface area contributed by atoms with Crippen LogP contribution in [0.3, 0.4) is 0 Å². The molecular weight excluding hydrogens is 272 g/mol. The van der Waals surface area contributed by atoms with Gasteiger partial charge in [0.15, 0.2) is 0 Å². The molecule has 0 aromatic heterocycles. The third kappa shape index (κ3) is 3.89. The fraction of sp³-hybridized carbons (Fsp3) is 0.100. The van der Waals surface area contributed by atoms with Crippen molar-refractivity contribution < 1.29 is 9.47 Å². The predicted molar refractivity (Wildman–Crippen MR) is 89.3 cm³/mol. The normalized spacial score (nSPS) is 10.2. The number of hydrogen-bond donors (Lipinski definition) is 0. The van der Waals surface area contributed by atoms with Crippen molar-refractivity contribution in [3.63, 3.8) is 0 Å². The largest absolute Gasteiger partial charge is 0.490 e. The van der Waals surface area contributed by atoms with Crippen molar-refractivity contribution in [2.45, 2.75) is 0 Å². The third-order valence-electron chi connectivity index (χ3n) is 3.33. The molecule has 3 aromatic rings. The van der Waals surface area contributed by atoms with E-state index in [0.29, 0.717) is 13.2 Å². The van der Waals surface area contributed by atoms with Gasteiger partial charge in [-0.05, 0) is 35.4 Å². The van der Waals surface area contributed by atoms with Gasteiger partial charge in [0.05, 0.1) is 0 Å². The molecule has 0 saturated carbocycles. The van der Waals surface area contributed by atoms with Gasteiger partial charge in [-0.25, -0.2) is 0 Å². The minimum absolute atomic E-state index is 0.527. The average Bonchev–Trinajstić information content (AvgIpc) is 2.61. The lowest BCUT2D eigenvalue weighted by atomic mass is 10.1. The Morgan fingerprint density at radius 3 is 1.50 bits per heavy atom. The predicted octanol–water partition coefficient (Wildman–Crippen LogP) is 4.81. The second-order valence-electron chi connectivity index (χ2n) is 4.90. The van der Waals surface area contributed by atoms with Crippen LogP contribution in [0.4, 0.5) is 0 Å². The van der Waals surface area contributed by atoms with Gasteiger partial charge < -0.3 is 9.47 Å². The van der Waals surface area contributed by atoms with Crippen molar-refractivity contribution in [1.29, 1.82) is 0 Å². The van der Waals surface area contributed by atoms with Gasteiger partial charge in [0.25, 0.3) is 0 Å². The molecule has 2 nitrogen and oxygen atoms in total. The molecule has 3 aromatic carbocycles. The first-order chi connectivity index (χ1) is 10.9. The Kier molecular flexibility index (Phi) is 4.73. The first kappa shape index (κ1) is 14.2. The van der Waals surface area contributed by atoms with Gasteiger partial charge in [0, 0.05) is 0 Å². The molecule has 0 aliphatic heterocycles. The van der Waals surface area contributed by atoms with Crippen LogP contribution in [0.1, 0.15) is 0 Å². The Bertz CT molecular complexity index is 676. The van der Waals surface area contributed by atoms with Crippen LogP contribution in [0.25, 0.3) is 11.1 Å². The number of benzene rings is 3. The smallest absolute Gasteiger partial charge is 0.122 e. The molecule has 22 heavy (non-hydrogen) atoms. The van der Waals surface area contributed by atoms with Crippen molar-refractivity contribution in [2.75, 3.05) is 13.2 Å². The Balaban J connectivity index is 1.49. The molecule has 110 valence electrons. The second-order valence-corrected chi connectivity index (χ2v) is 4.90. The van der Waals surface area contributed by atoms with E-state index in [4.69, 9.17) is 9.47 Å². The quantitative estimate of drug-likeness (QED) is 0.606. The maximum Gasteiger partial charge on any atom is 0.122 e. The molecule has 0 unspecified atom stereocenters. The summed E-state index contributed by atoms with van der Waals surface area (Å²) >= 11 is 0. The van der Waals surface area contributed by atoms with E-state index in [2.05, 4.69) is 24.3 Å². The van der Waals surface area contributed by atoms with Crippen molar-refractivity contribution in [3.8, 4) is 22.6 Å². The van der Waals surface area contributed by atoms with E-state index in [1.807, 2.05) is 60.7 Å². The fourth-order valence-electron chi connectivity index (χ4n) is 2.21. The van der Waals surface area contributed by atoms with Crippen LogP contribution in [-0.4, -0.2) is 13.2 Å². The molecule has 0 bridgehead atoms. The molecule has 0 N–H and O–H groups in total. The Labute approximate surface area is 131 Å². The monoisotopic (exact) mass is 290 g/mol. The summed E-state index contributed by atoms with van der Waals surface area (Å²) in [6, 6.07) is 28.2. The Morgan fingerprint density at radius 1 is 0.455 bits per heavy atom. The van der Waals surface area contributed by atoms with E-state index in [-0.39, 0.29) is 0 Å². The summed E-state index contributed by atoms with van der Waals surface area (Å²) in [5.41, 5.74) is 2.40. The topological polar surface area (TPSA) is 18.5 Å². The van der Waals surface area contributed by atoms with Gasteiger partial charge in [0.1, 0.15) is 24.7 Å². The van der Waals surface area contributed by atoms with E-state index in [0.717, 1.165) is 11.5 Å². The Hall–Kier alpha value is -2.74. The molecule has 2 heteroatoms. The average molecular weight is 290 g/mol. The first-order valence-corrected chi connectivity index (χ1v) is 7.38. The van der Waals surface area contributed by atoms with Crippen LogP contribution in [0, 0.1) is 0 Å². The molecular formula is C20H18O2. The summed E-state index contributed by atoms with van der Waals surface area (Å²) in [4.78, 5) is 0. The summed E-state index contributed by atoms with van der Waals surface area (Å²) < 4.78 is 11.3. The summed E-state index contributed by atoms with van der Waals surface area (Å²) in [6.45, 7) is 1.06. The lowest BCUT2D eigenvalue weighted by Crippen LogP contribution is -2.08. The van der Waals surface area contributed by atoms with E-state index in [1.165, 1.54) is 11.1 Å². The van der Waals surface area contributed by atoms with E-state index < -0.39 is 0 Å². The molecule has 0 atom stereocenters. The highest BCUT2D eigenvalue weighted by molar-refractivity contribution is 5.63. The van der Waals surface area contributed by atoms with Crippen LogP contribution >= 0.6 is 0 Å². The maximum atomic E-state index is 5.69. The van der Waals surface area contributed by atoms with Gasteiger partial charge in [-0.3, -0.25) is 0 Å². The molecule has 0 aliphatic rings. The summed E-state index contributed by atoms with van der Waals surface area (Å²) in [5.74, 6) is 1.72. The zero-order valence-electron chi connectivity index (χ0n) is 12.3. The van der Waals surface area contributed by atoms with Gasteiger partial charge in [-0.15, -0.1) is 0 Å².